The third-order valence-electron chi connectivity index (χ3n) is 6.96. The molecule has 0 aliphatic rings. The highest BCUT2D eigenvalue weighted by Gasteiger charge is 2.28. The SMILES string of the molecule is C=CC[N+](C)(C)C(CCCCCCCCCCCCCCCCCC)c1ccccc1.[Cl-]. The molecule has 0 radical (unpaired) electrons. The fourth-order valence-corrected chi connectivity index (χ4v) is 4.94. The highest BCUT2D eigenvalue weighted by atomic mass is 35.5. The molecule has 0 fully saturated rings. The predicted molar refractivity (Wildman–Crippen MR) is 141 cm³/mol. The van der Waals surface area contributed by atoms with Crippen LogP contribution < -0.4 is 12.4 Å². The zero-order valence-electron chi connectivity index (χ0n) is 21.8. The van der Waals surface area contributed by atoms with Crippen LogP contribution in [0.15, 0.2) is 43.0 Å². The van der Waals surface area contributed by atoms with Gasteiger partial charge in [-0.25, -0.2) is 0 Å². The van der Waals surface area contributed by atoms with Gasteiger partial charge >= 0.3 is 0 Å². The molecular weight excluding hydrogens is 410 g/mol. The summed E-state index contributed by atoms with van der Waals surface area (Å²) in [7, 11) is 4.71. The highest BCUT2D eigenvalue weighted by Crippen LogP contribution is 2.30. The van der Waals surface area contributed by atoms with Crippen LogP contribution in [0.2, 0.25) is 0 Å². The lowest BCUT2D eigenvalue weighted by atomic mass is 9.96. The Morgan fingerprint density at radius 2 is 1.09 bits per heavy atom. The van der Waals surface area contributed by atoms with Crippen LogP contribution in [0.25, 0.3) is 0 Å². The lowest BCUT2D eigenvalue weighted by Crippen LogP contribution is -3.00. The molecule has 0 saturated carbocycles. The summed E-state index contributed by atoms with van der Waals surface area (Å²) in [6, 6.07) is 11.7. The molecule has 1 unspecified atom stereocenters. The van der Waals surface area contributed by atoms with Crippen molar-refractivity contribution in [2.45, 2.75) is 122 Å². The van der Waals surface area contributed by atoms with Gasteiger partial charge in [-0.1, -0.05) is 140 Å². The average Bonchev–Trinajstić information content (AvgIpc) is 2.76. The van der Waals surface area contributed by atoms with Crippen LogP contribution in [-0.2, 0) is 0 Å². The van der Waals surface area contributed by atoms with Crippen molar-refractivity contribution in [1.82, 2.24) is 0 Å². The van der Waals surface area contributed by atoms with E-state index in [9.17, 15) is 0 Å². The van der Waals surface area contributed by atoms with E-state index in [4.69, 9.17) is 0 Å². The van der Waals surface area contributed by atoms with Gasteiger partial charge in [0.25, 0.3) is 0 Å². The number of rotatable bonds is 21. The highest BCUT2D eigenvalue weighted by molar-refractivity contribution is 5.17. The summed E-state index contributed by atoms with van der Waals surface area (Å²) in [5.74, 6) is 0. The Hall–Kier alpha value is -0.790. The van der Waals surface area contributed by atoms with Gasteiger partial charge < -0.3 is 16.9 Å². The summed E-state index contributed by atoms with van der Waals surface area (Å²) in [4.78, 5) is 0. The Bertz CT molecular complexity index is 525. The van der Waals surface area contributed by atoms with Crippen molar-refractivity contribution in [3.8, 4) is 0 Å². The smallest absolute Gasteiger partial charge is 0.114 e. The van der Waals surface area contributed by atoms with Crippen LogP contribution in [0.5, 0.6) is 0 Å². The molecule has 0 heterocycles. The van der Waals surface area contributed by atoms with Gasteiger partial charge in [0.05, 0.1) is 20.6 Å². The van der Waals surface area contributed by atoms with Gasteiger partial charge in [-0.15, -0.1) is 0 Å². The van der Waals surface area contributed by atoms with E-state index in [1.807, 2.05) is 0 Å². The van der Waals surface area contributed by atoms with E-state index >= 15 is 0 Å². The number of hydrogen-bond acceptors (Lipinski definition) is 0. The van der Waals surface area contributed by atoms with Crippen molar-refractivity contribution in [2.75, 3.05) is 20.6 Å². The van der Waals surface area contributed by atoms with Crippen molar-refractivity contribution in [3.63, 3.8) is 0 Å². The summed E-state index contributed by atoms with van der Waals surface area (Å²) < 4.78 is 1.01. The molecule has 0 amide bonds. The largest absolute Gasteiger partial charge is 1.00 e. The molecular formula is C30H54ClN. The second-order valence-electron chi connectivity index (χ2n) is 10.3. The van der Waals surface area contributed by atoms with Crippen LogP contribution >= 0.6 is 0 Å². The predicted octanol–water partition coefficient (Wildman–Crippen LogP) is 6.65. The molecule has 1 aromatic rings. The van der Waals surface area contributed by atoms with E-state index in [0.717, 1.165) is 11.0 Å². The molecule has 0 saturated heterocycles. The molecule has 1 nitrogen and oxygen atoms in total. The molecule has 186 valence electrons. The Morgan fingerprint density at radius 3 is 1.50 bits per heavy atom. The van der Waals surface area contributed by atoms with Crippen molar-refractivity contribution in [2.24, 2.45) is 0 Å². The van der Waals surface area contributed by atoms with Gasteiger partial charge in [0.15, 0.2) is 0 Å². The number of nitrogens with zero attached hydrogens (tertiary/aromatic N) is 1. The fourth-order valence-electron chi connectivity index (χ4n) is 4.94. The molecule has 1 rings (SSSR count). The van der Waals surface area contributed by atoms with E-state index < -0.39 is 0 Å². The van der Waals surface area contributed by atoms with Gasteiger partial charge in [-0.3, -0.25) is 0 Å². The summed E-state index contributed by atoms with van der Waals surface area (Å²) in [5, 5.41) is 0. The van der Waals surface area contributed by atoms with Crippen molar-refractivity contribution < 1.29 is 16.9 Å². The topological polar surface area (TPSA) is 0 Å². The van der Waals surface area contributed by atoms with Gasteiger partial charge in [0.2, 0.25) is 0 Å². The number of halogens is 1. The normalized spacial score (nSPS) is 12.3. The molecule has 0 N–H and O–H groups in total. The Balaban J connectivity index is 0.00000961. The van der Waals surface area contributed by atoms with E-state index in [0.29, 0.717) is 6.04 Å². The van der Waals surface area contributed by atoms with E-state index in [-0.39, 0.29) is 12.4 Å². The maximum absolute atomic E-state index is 3.99. The Morgan fingerprint density at radius 1 is 0.688 bits per heavy atom. The molecule has 1 aromatic carbocycles. The first-order chi connectivity index (χ1) is 15.1. The zero-order valence-corrected chi connectivity index (χ0v) is 22.6. The van der Waals surface area contributed by atoms with Crippen LogP contribution in [0, 0.1) is 0 Å². The summed E-state index contributed by atoms with van der Waals surface area (Å²) in [6.45, 7) is 7.31. The third-order valence-corrected chi connectivity index (χ3v) is 6.96. The van der Waals surface area contributed by atoms with Crippen LogP contribution in [-0.4, -0.2) is 25.1 Å². The van der Waals surface area contributed by atoms with E-state index in [1.165, 1.54) is 115 Å². The van der Waals surface area contributed by atoms with Crippen molar-refractivity contribution in [3.05, 3.63) is 48.6 Å². The minimum absolute atomic E-state index is 0. The molecule has 32 heavy (non-hydrogen) atoms. The Kier molecular flexibility index (Phi) is 20.3. The second-order valence-corrected chi connectivity index (χ2v) is 10.3. The van der Waals surface area contributed by atoms with Gasteiger partial charge in [0.1, 0.15) is 6.04 Å². The zero-order chi connectivity index (χ0) is 22.6. The van der Waals surface area contributed by atoms with Crippen LogP contribution in [0.1, 0.15) is 128 Å². The molecule has 1 atom stereocenters. The number of hydrogen-bond donors (Lipinski definition) is 0. The molecule has 0 aliphatic carbocycles. The standard InChI is InChI=1S/C30H54N.ClH/c1-5-7-8-9-10-11-12-13-14-15-16-17-18-19-20-24-27-30(31(3,4)28-6-2)29-25-22-21-23-26-29;/h6,21-23,25-26,30H,2,5,7-20,24,27-28H2,1,3-4H3;1H/q+1;/p-1. The molecule has 0 spiro atoms. The lowest BCUT2D eigenvalue weighted by Gasteiger charge is -2.38. The first-order valence-electron chi connectivity index (χ1n) is 13.6. The first kappa shape index (κ1) is 31.2. The average molecular weight is 464 g/mol. The van der Waals surface area contributed by atoms with E-state index in [2.05, 4.69) is 64.0 Å². The molecule has 0 bridgehead atoms. The fraction of sp³-hybridized carbons (Fsp3) is 0.733. The van der Waals surface area contributed by atoms with Crippen LogP contribution in [0.3, 0.4) is 0 Å². The summed E-state index contributed by atoms with van der Waals surface area (Å²) >= 11 is 0. The van der Waals surface area contributed by atoms with Crippen molar-refractivity contribution in [1.29, 1.82) is 0 Å². The second kappa shape index (κ2) is 20.8. The number of quaternary nitrogens is 1. The quantitative estimate of drug-likeness (QED) is 0.109. The Labute approximate surface area is 208 Å². The summed E-state index contributed by atoms with van der Waals surface area (Å²) in [5.41, 5.74) is 1.48. The van der Waals surface area contributed by atoms with Crippen LogP contribution in [0.4, 0.5) is 0 Å². The molecule has 0 aromatic heterocycles. The summed E-state index contributed by atoms with van der Waals surface area (Å²) in [6.07, 6.45) is 26.3. The number of unbranched alkanes of at least 4 members (excludes halogenated alkanes) is 15. The van der Waals surface area contributed by atoms with Crippen molar-refractivity contribution >= 4 is 0 Å². The number of likely N-dealkylation sites (N-methyl/N-ethyl adjacent to an activating group) is 1. The van der Waals surface area contributed by atoms with E-state index in [1.54, 1.807) is 0 Å². The monoisotopic (exact) mass is 463 g/mol. The van der Waals surface area contributed by atoms with Gasteiger partial charge in [-0.05, 0) is 12.5 Å². The number of benzene rings is 1. The maximum Gasteiger partial charge on any atom is 0.114 e. The maximum atomic E-state index is 3.99. The molecule has 0 aliphatic heterocycles. The lowest BCUT2D eigenvalue weighted by molar-refractivity contribution is -0.916. The minimum Gasteiger partial charge on any atom is -1.00 e. The van der Waals surface area contributed by atoms with Gasteiger partial charge in [0, 0.05) is 12.0 Å². The van der Waals surface area contributed by atoms with Gasteiger partial charge in [-0.2, -0.15) is 0 Å². The molecule has 2 heteroatoms. The minimum atomic E-state index is 0. The first-order valence-corrected chi connectivity index (χ1v) is 13.6. The third kappa shape index (κ3) is 15.1.